The fourth-order valence-corrected chi connectivity index (χ4v) is 2.54. The van der Waals surface area contributed by atoms with Crippen LogP contribution in [0.5, 0.6) is 0 Å². The van der Waals surface area contributed by atoms with Crippen LogP contribution in [0.1, 0.15) is 16.8 Å². The van der Waals surface area contributed by atoms with Crippen molar-refractivity contribution in [3.8, 4) is 0 Å². The second kappa shape index (κ2) is 6.96. The predicted molar refractivity (Wildman–Crippen MR) is 87.1 cm³/mol. The van der Waals surface area contributed by atoms with E-state index < -0.39 is 29.6 Å². The molecule has 1 saturated heterocycles. The summed E-state index contributed by atoms with van der Waals surface area (Å²) in [4.78, 5) is 41.2. The molecule has 7 nitrogen and oxygen atoms in total. The zero-order valence-electron chi connectivity index (χ0n) is 12.7. The number of hydrogen-bond acceptors (Lipinski definition) is 5. The summed E-state index contributed by atoms with van der Waals surface area (Å²) in [6.07, 6.45) is 2.77. The number of anilines is 1. The van der Waals surface area contributed by atoms with E-state index >= 15 is 0 Å². The number of nitrogens with zero attached hydrogens (tertiary/aromatic N) is 2. The van der Waals surface area contributed by atoms with Crippen LogP contribution in [0.25, 0.3) is 0 Å². The Morgan fingerprint density at radius 1 is 1.24 bits per heavy atom. The smallest absolute Gasteiger partial charge is 0.265 e. The maximum Gasteiger partial charge on any atom is 0.265 e. The van der Waals surface area contributed by atoms with Crippen molar-refractivity contribution in [2.75, 3.05) is 4.90 Å². The highest BCUT2D eigenvalue weighted by atomic mass is 35.5. The number of benzene rings is 1. The quantitative estimate of drug-likeness (QED) is 0.634. The van der Waals surface area contributed by atoms with Gasteiger partial charge in [-0.3, -0.25) is 24.8 Å². The molecule has 0 bridgehead atoms. The van der Waals surface area contributed by atoms with Gasteiger partial charge in [0.05, 0.1) is 17.1 Å². The van der Waals surface area contributed by atoms with Gasteiger partial charge in [-0.2, -0.15) is 0 Å². The molecule has 0 aliphatic carbocycles. The zero-order valence-corrected chi connectivity index (χ0v) is 13.5. The van der Waals surface area contributed by atoms with Gasteiger partial charge in [0, 0.05) is 18.0 Å². The molecule has 0 spiro atoms. The Kier molecular flexibility index (Phi) is 4.73. The maximum absolute atomic E-state index is 13.2. The predicted octanol–water partition coefficient (Wildman–Crippen LogP) is 1.44. The lowest BCUT2D eigenvalue weighted by Gasteiger charge is -2.16. The van der Waals surface area contributed by atoms with E-state index in [1.54, 1.807) is 0 Å². The number of halogens is 2. The lowest BCUT2D eigenvalue weighted by atomic mass is 10.2. The van der Waals surface area contributed by atoms with Crippen LogP contribution >= 0.6 is 11.6 Å². The van der Waals surface area contributed by atoms with Crippen LogP contribution in [0, 0.1) is 5.82 Å². The van der Waals surface area contributed by atoms with Crippen molar-refractivity contribution in [3.63, 3.8) is 0 Å². The number of hydrogen-bond donors (Lipinski definition) is 2. The highest BCUT2D eigenvalue weighted by Gasteiger charge is 2.40. The number of nitrogens with one attached hydrogen (secondary N) is 2. The molecule has 1 atom stereocenters. The monoisotopic (exact) mass is 362 g/mol. The van der Waals surface area contributed by atoms with Crippen LogP contribution in [-0.2, 0) is 9.59 Å². The largest absolute Gasteiger partial charge is 0.287 e. The Morgan fingerprint density at radius 2 is 1.96 bits per heavy atom. The first-order valence-electron chi connectivity index (χ1n) is 7.25. The van der Waals surface area contributed by atoms with Crippen LogP contribution in [0.15, 0.2) is 42.7 Å². The van der Waals surface area contributed by atoms with E-state index in [9.17, 15) is 18.8 Å². The van der Waals surface area contributed by atoms with Crippen LogP contribution < -0.4 is 15.8 Å². The minimum atomic E-state index is -0.929. The van der Waals surface area contributed by atoms with E-state index in [2.05, 4.69) is 15.8 Å². The summed E-state index contributed by atoms with van der Waals surface area (Å²) in [7, 11) is 0. The van der Waals surface area contributed by atoms with Crippen molar-refractivity contribution in [2.45, 2.75) is 12.5 Å². The van der Waals surface area contributed by atoms with Gasteiger partial charge in [0.25, 0.3) is 11.8 Å². The number of aromatic nitrogens is 1. The fraction of sp³-hybridized carbons (Fsp3) is 0.125. The molecule has 2 N–H and O–H groups in total. The van der Waals surface area contributed by atoms with Crippen LogP contribution in [-0.4, -0.2) is 28.7 Å². The summed E-state index contributed by atoms with van der Waals surface area (Å²) in [6.45, 7) is 0. The number of carbonyl (C=O) groups excluding carboxylic acids is 3. The summed E-state index contributed by atoms with van der Waals surface area (Å²) in [5.41, 5.74) is 5.45. The molecule has 3 amide bonds. The molecule has 3 rings (SSSR count). The first-order chi connectivity index (χ1) is 12.0. The van der Waals surface area contributed by atoms with E-state index in [4.69, 9.17) is 11.6 Å². The Bertz CT molecular complexity index is 847. The van der Waals surface area contributed by atoms with Gasteiger partial charge in [-0.25, -0.2) is 14.7 Å². The van der Waals surface area contributed by atoms with Gasteiger partial charge in [0.1, 0.15) is 11.9 Å². The van der Waals surface area contributed by atoms with Crippen molar-refractivity contribution in [1.29, 1.82) is 0 Å². The summed E-state index contributed by atoms with van der Waals surface area (Å²) >= 11 is 5.69. The molecule has 1 aliphatic heterocycles. The third-order valence-electron chi connectivity index (χ3n) is 3.61. The Balaban J connectivity index is 1.69. The minimum absolute atomic E-state index is 0.148. The molecule has 0 unspecified atom stereocenters. The van der Waals surface area contributed by atoms with Crippen molar-refractivity contribution < 1.29 is 18.8 Å². The SMILES string of the molecule is O=C(NN[C@H]1CC(=O)N(c2ccc(F)c(Cl)c2)C1=O)c1ccncc1. The summed E-state index contributed by atoms with van der Waals surface area (Å²) in [5, 5.41) is -0.194. The van der Waals surface area contributed by atoms with Crippen molar-refractivity contribution >= 4 is 35.0 Å². The third-order valence-corrected chi connectivity index (χ3v) is 3.90. The molecule has 2 aromatic rings. The highest BCUT2D eigenvalue weighted by molar-refractivity contribution is 6.31. The highest BCUT2D eigenvalue weighted by Crippen LogP contribution is 2.27. The summed E-state index contributed by atoms with van der Waals surface area (Å²) in [5.74, 6) is -2.17. The van der Waals surface area contributed by atoms with Crippen LogP contribution in [0.3, 0.4) is 0 Å². The van der Waals surface area contributed by atoms with E-state index in [0.29, 0.717) is 5.56 Å². The molecule has 2 heterocycles. The summed E-state index contributed by atoms with van der Waals surface area (Å²) < 4.78 is 13.2. The van der Waals surface area contributed by atoms with Gasteiger partial charge in [0.15, 0.2) is 0 Å². The fourth-order valence-electron chi connectivity index (χ4n) is 2.37. The number of hydrazine groups is 1. The molecule has 9 heteroatoms. The second-order valence-corrected chi connectivity index (χ2v) is 5.66. The van der Waals surface area contributed by atoms with Crippen molar-refractivity contribution in [3.05, 3.63) is 59.1 Å². The minimum Gasteiger partial charge on any atom is -0.287 e. The molecule has 0 saturated carbocycles. The van der Waals surface area contributed by atoms with Crippen molar-refractivity contribution in [1.82, 2.24) is 15.8 Å². The molecule has 0 radical (unpaired) electrons. The molecule has 1 aromatic heterocycles. The molecule has 1 fully saturated rings. The molecular weight excluding hydrogens is 351 g/mol. The van der Waals surface area contributed by atoms with Gasteiger partial charge >= 0.3 is 0 Å². The van der Waals surface area contributed by atoms with E-state index in [1.165, 1.54) is 36.7 Å². The lowest BCUT2D eigenvalue weighted by Crippen LogP contribution is -2.48. The average Bonchev–Trinajstić information content (AvgIpc) is 2.90. The number of rotatable bonds is 4. The first-order valence-corrected chi connectivity index (χ1v) is 7.63. The summed E-state index contributed by atoms with van der Waals surface area (Å²) in [6, 6.07) is 5.64. The Morgan fingerprint density at radius 3 is 2.64 bits per heavy atom. The molecule has 1 aromatic carbocycles. The van der Waals surface area contributed by atoms with Crippen LogP contribution in [0.4, 0.5) is 10.1 Å². The topological polar surface area (TPSA) is 91.4 Å². The second-order valence-electron chi connectivity index (χ2n) is 5.26. The molecular formula is C16H12ClFN4O3. The van der Waals surface area contributed by atoms with E-state index in [0.717, 1.165) is 11.0 Å². The van der Waals surface area contributed by atoms with E-state index in [-0.39, 0.29) is 17.1 Å². The Hall–Kier alpha value is -2.84. The normalized spacial score (nSPS) is 17.0. The number of amides is 3. The van der Waals surface area contributed by atoms with Crippen molar-refractivity contribution in [2.24, 2.45) is 0 Å². The van der Waals surface area contributed by atoms with Gasteiger partial charge in [0.2, 0.25) is 5.91 Å². The molecule has 128 valence electrons. The van der Waals surface area contributed by atoms with E-state index in [1.807, 2.05) is 0 Å². The molecule has 25 heavy (non-hydrogen) atoms. The third kappa shape index (κ3) is 3.49. The average molecular weight is 363 g/mol. The van der Waals surface area contributed by atoms with Gasteiger partial charge in [-0.05, 0) is 30.3 Å². The van der Waals surface area contributed by atoms with Gasteiger partial charge in [-0.1, -0.05) is 11.6 Å². The lowest BCUT2D eigenvalue weighted by molar-refractivity contribution is -0.121. The van der Waals surface area contributed by atoms with Gasteiger partial charge < -0.3 is 0 Å². The molecule has 1 aliphatic rings. The number of pyridine rings is 1. The maximum atomic E-state index is 13.2. The zero-order chi connectivity index (χ0) is 18.0. The first kappa shape index (κ1) is 17.0. The number of imide groups is 1. The van der Waals surface area contributed by atoms with Crippen LogP contribution in [0.2, 0.25) is 5.02 Å². The number of carbonyl (C=O) groups is 3. The standard InChI is InChI=1S/C16H12ClFN4O3/c17-11-7-10(1-2-12(11)18)22-14(23)8-13(16(22)25)20-21-15(24)9-3-5-19-6-4-9/h1-7,13,20H,8H2,(H,21,24)/t13-/m0/s1. The Labute approximate surface area is 146 Å². The van der Waals surface area contributed by atoms with Gasteiger partial charge in [-0.15, -0.1) is 0 Å².